The highest BCUT2D eigenvalue weighted by atomic mass is 19.1. The molecule has 0 atom stereocenters. The predicted molar refractivity (Wildman–Crippen MR) is 66.3 cm³/mol. The highest BCUT2D eigenvalue weighted by molar-refractivity contribution is 5.88. The summed E-state index contributed by atoms with van der Waals surface area (Å²) in [5, 5.41) is 14.7. The summed E-state index contributed by atoms with van der Waals surface area (Å²) < 4.78 is 17.8. The molecule has 0 unspecified atom stereocenters. The van der Waals surface area contributed by atoms with E-state index in [0.717, 1.165) is 19.2 Å². The number of rotatable bonds is 2. The quantitative estimate of drug-likeness (QED) is 0.830. The second-order valence-corrected chi connectivity index (χ2v) is 3.81. The van der Waals surface area contributed by atoms with Crippen LogP contribution in [0.15, 0.2) is 29.2 Å². The number of nitrogens with one attached hydrogen (secondary N) is 1. The van der Waals surface area contributed by atoms with Crippen LogP contribution in [0, 0.1) is 17.1 Å². The zero-order valence-corrected chi connectivity index (χ0v) is 10.3. The lowest BCUT2D eigenvalue weighted by molar-refractivity contribution is 0.0591. The van der Waals surface area contributed by atoms with Crippen LogP contribution in [0.2, 0.25) is 0 Å². The largest absolute Gasteiger partial charge is 0.464 e. The summed E-state index contributed by atoms with van der Waals surface area (Å²) in [6.07, 6.45) is 1.23. The molecule has 100 valence electrons. The van der Waals surface area contributed by atoms with Crippen molar-refractivity contribution in [2.24, 2.45) is 0 Å². The molecule has 1 aromatic carbocycles. The van der Waals surface area contributed by atoms with Gasteiger partial charge in [-0.15, -0.1) is 0 Å². The number of H-pyrrole nitrogens is 1. The number of aromatic nitrogens is 2. The number of halogens is 1. The summed E-state index contributed by atoms with van der Waals surface area (Å²) in [4.78, 5) is 23.5. The normalized spacial score (nSPS) is 9.85. The van der Waals surface area contributed by atoms with Gasteiger partial charge in [-0.05, 0) is 23.8 Å². The number of aromatic amines is 1. The summed E-state index contributed by atoms with van der Waals surface area (Å²) in [6, 6.07) is 5.26. The van der Waals surface area contributed by atoms with E-state index in [1.165, 1.54) is 12.3 Å². The Balaban J connectivity index is 2.66. The standard InChI is InChI=1S/C13H8FN3O3/c1-20-13(19)11-12(18)10(6-16-17-11)8-2-7(5-15)3-9(14)4-8/h2-4,6H,1H3,(H,16,18). The minimum Gasteiger partial charge on any atom is -0.464 e. The molecular weight excluding hydrogens is 265 g/mol. The Morgan fingerprint density at radius 1 is 1.45 bits per heavy atom. The van der Waals surface area contributed by atoms with Gasteiger partial charge < -0.3 is 4.74 Å². The Labute approximate surface area is 112 Å². The first-order valence-corrected chi connectivity index (χ1v) is 5.44. The molecule has 1 heterocycles. The molecule has 0 aliphatic carbocycles. The smallest absolute Gasteiger partial charge is 0.362 e. The maximum atomic E-state index is 13.4. The molecule has 20 heavy (non-hydrogen) atoms. The topological polar surface area (TPSA) is 95.8 Å². The van der Waals surface area contributed by atoms with Gasteiger partial charge >= 0.3 is 5.97 Å². The molecule has 0 amide bonds. The highest BCUT2D eigenvalue weighted by Crippen LogP contribution is 2.18. The van der Waals surface area contributed by atoms with Crippen molar-refractivity contribution in [3.63, 3.8) is 0 Å². The second kappa shape index (κ2) is 5.32. The number of nitriles is 1. The number of benzene rings is 1. The van der Waals surface area contributed by atoms with Crippen LogP contribution < -0.4 is 5.43 Å². The SMILES string of the molecule is COC(=O)c1n[nH]cc(-c2cc(F)cc(C#N)c2)c1=O. The van der Waals surface area contributed by atoms with E-state index in [2.05, 4.69) is 14.9 Å². The average Bonchev–Trinajstić information content (AvgIpc) is 2.46. The number of ether oxygens (including phenoxy) is 1. The Bertz CT molecular complexity index is 777. The van der Waals surface area contributed by atoms with Crippen LogP contribution in [0.5, 0.6) is 0 Å². The van der Waals surface area contributed by atoms with Gasteiger partial charge in [-0.1, -0.05) is 0 Å². The van der Waals surface area contributed by atoms with Crippen LogP contribution in [0.4, 0.5) is 4.39 Å². The molecule has 0 saturated heterocycles. The molecule has 1 aromatic heterocycles. The number of hydrogen-bond acceptors (Lipinski definition) is 5. The van der Waals surface area contributed by atoms with E-state index in [1.807, 2.05) is 0 Å². The molecule has 0 bridgehead atoms. The number of esters is 1. The van der Waals surface area contributed by atoms with Crippen molar-refractivity contribution < 1.29 is 13.9 Å². The van der Waals surface area contributed by atoms with Gasteiger partial charge in [0.05, 0.1) is 18.7 Å². The van der Waals surface area contributed by atoms with Crippen molar-refractivity contribution in [2.45, 2.75) is 0 Å². The van der Waals surface area contributed by atoms with E-state index in [-0.39, 0.29) is 16.7 Å². The highest BCUT2D eigenvalue weighted by Gasteiger charge is 2.17. The lowest BCUT2D eigenvalue weighted by Crippen LogP contribution is -2.21. The molecule has 0 radical (unpaired) electrons. The number of methoxy groups -OCH3 is 1. The third kappa shape index (κ3) is 2.40. The van der Waals surface area contributed by atoms with Gasteiger partial charge in [-0.25, -0.2) is 9.18 Å². The van der Waals surface area contributed by atoms with E-state index < -0.39 is 22.9 Å². The monoisotopic (exact) mass is 273 g/mol. The number of carbonyl (C=O) groups excluding carboxylic acids is 1. The van der Waals surface area contributed by atoms with Crippen molar-refractivity contribution in [1.29, 1.82) is 5.26 Å². The lowest BCUT2D eigenvalue weighted by atomic mass is 10.0. The Morgan fingerprint density at radius 2 is 2.20 bits per heavy atom. The lowest BCUT2D eigenvalue weighted by Gasteiger charge is -2.03. The molecule has 6 nitrogen and oxygen atoms in total. The van der Waals surface area contributed by atoms with Crippen LogP contribution in [0.25, 0.3) is 11.1 Å². The molecule has 2 aromatic rings. The molecule has 7 heteroatoms. The van der Waals surface area contributed by atoms with Gasteiger partial charge in [-0.2, -0.15) is 10.4 Å². The fourth-order valence-electron chi connectivity index (χ4n) is 1.66. The zero-order valence-electron chi connectivity index (χ0n) is 10.3. The average molecular weight is 273 g/mol. The van der Waals surface area contributed by atoms with Crippen LogP contribution in [-0.2, 0) is 4.74 Å². The molecule has 2 rings (SSSR count). The minimum absolute atomic E-state index is 0.0244. The van der Waals surface area contributed by atoms with Crippen molar-refractivity contribution in [3.8, 4) is 17.2 Å². The van der Waals surface area contributed by atoms with Crippen LogP contribution >= 0.6 is 0 Å². The van der Waals surface area contributed by atoms with Crippen molar-refractivity contribution in [3.05, 3.63) is 51.7 Å². The Kier molecular flexibility index (Phi) is 3.57. The molecule has 0 saturated carbocycles. The van der Waals surface area contributed by atoms with Gasteiger partial charge in [0.2, 0.25) is 11.1 Å². The maximum Gasteiger partial charge on any atom is 0.362 e. The van der Waals surface area contributed by atoms with Crippen molar-refractivity contribution in [2.75, 3.05) is 7.11 Å². The van der Waals surface area contributed by atoms with Gasteiger partial charge in [-0.3, -0.25) is 9.89 Å². The van der Waals surface area contributed by atoms with Crippen LogP contribution in [0.3, 0.4) is 0 Å². The first-order valence-electron chi connectivity index (χ1n) is 5.44. The van der Waals surface area contributed by atoms with Gasteiger partial charge in [0.25, 0.3) is 0 Å². The first-order chi connectivity index (χ1) is 9.56. The molecule has 0 fully saturated rings. The summed E-state index contributed by atoms with van der Waals surface area (Å²) in [6.45, 7) is 0. The van der Waals surface area contributed by atoms with Gasteiger partial charge in [0.15, 0.2) is 0 Å². The van der Waals surface area contributed by atoms with E-state index in [9.17, 15) is 14.0 Å². The summed E-state index contributed by atoms with van der Waals surface area (Å²) >= 11 is 0. The Morgan fingerprint density at radius 3 is 2.85 bits per heavy atom. The van der Waals surface area contributed by atoms with Crippen LogP contribution in [0.1, 0.15) is 16.1 Å². The molecule has 0 aliphatic heterocycles. The third-order valence-electron chi connectivity index (χ3n) is 2.56. The second-order valence-electron chi connectivity index (χ2n) is 3.81. The maximum absolute atomic E-state index is 13.4. The summed E-state index contributed by atoms with van der Waals surface area (Å²) in [7, 11) is 1.12. The van der Waals surface area contributed by atoms with Crippen molar-refractivity contribution >= 4 is 5.97 Å². The minimum atomic E-state index is -0.898. The number of carbonyl (C=O) groups is 1. The van der Waals surface area contributed by atoms with Crippen LogP contribution in [-0.4, -0.2) is 23.3 Å². The number of hydrogen-bond donors (Lipinski definition) is 1. The fourth-order valence-corrected chi connectivity index (χ4v) is 1.66. The van der Waals surface area contributed by atoms with E-state index in [1.54, 1.807) is 6.07 Å². The predicted octanol–water partition coefficient (Wildman–Crippen LogP) is 1.23. The zero-order chi connectivity index (χ0) is 14.7. The third-order valence-corrected chi connectivity index (χ3v) is 2.56. The number of nitrogens with zero attached hydrogens (tertiary/aromatic N) is 2. The van der Waals surface area contributed by atoms with E-state index in [0.29, 0.717) is 0 Å². The summed E-state index contributed by atoms with van der Waals surface area (Å²) in [5.74, 6) is -1.56. The molecule has 0 spiro atoms. The summed E-state index contributed by atoms with van der Waals surface area (Å²) in [5.41, 5.74) is -0.875. The Hall–Kier alpha value is -3.01. The van der Waals surface area contributed by atoms with Gasteiger partial charge in [0, 0.05) is 11.8 Å². The molecular formula is C13H8FN3O3. The molecule has 0 aliphatic rings. The fraction of sp³-hybridized carbons (Fsp3) is 0.0769. The first kappa shape index (κ1) is 13.4. The van der Waals surface area contributed by atoms with E-state index >= 15 is 0 Å². The van der Waals surface area contributed by atoms with Crippen molar-refractivity contribution in [1.82, 2.24) is 10.2 Å². The van der Waals surface area contributed by atoms with E-state index in [4.69, 9.17) is 5.26 Å². The van der Waals surface area contributed by atoms with Gasteiger partial charge in [0.1, 0.15) is 5.82 Å². The molecule has 1 N–H and O–H groups in total.